The highest BCUT2D eigenvalue weighted by molar-refractivity contribution is 5.50. The van der Waals surface area contributed by atoms with Crippen molar-refractivity contribution in [3.05, 3.63) is 30.2 Å². The summed E-state index contributed by atoms with van der Waals surface area (Å²) >= 11 is 0. The fraction of sp³-hybridized carbons (Fsp3) is 0.500. The summed E-state index contributed by atoms with van der Waals surface area (Å²) in [4.78, 5) is 18.7. The molecule has 3 heterocycles. The Hall–Kier alpha value is -2.51. The van der Waals surface area contributed by atoms with Gasteiger partial charge in [0.15, 0.2) is 11.6 Å². The van der Waals surface area contributed by atoms with Gasteiger partial charge in [-0.1, -0.05) is 6.92 Å². The molecule has 1 aliphatic rings. The van der Waals surface area contributed by atoms with E-state index in [0.29, 0.717) is 18.7 Å². The smallest absolute Gasteiger partial charge is 0.186 e. The minimum atomic E-state index is -0.357. The first kappa shape index (κ1) is 16.4. The number of hydrogen-bond donors (Lipinski definition) is 2. The molecule has 8 heteroatoms. The Kier molecular flexibility index (Phi) is 5.02. The normalized spacial score (nSPS) is 17.1. The summed E-state index contributed by atoms with van der Waals surface area (Å²) in [7, 11) is 1.83. The topological polar surface area (TPSA) is 78.9 Å². The molecular formula is C16H22FN7. The van der Waals surface area contributed by atoms with Crippen LogP contribution in [0.2, 0.25) is 0 Å². The van der Waals surface area contributed by atoms with E-state index in [2.05, 4.69) is 35.5 Å². The zero-order valence-corrected chi connectivity index (χ0v) is 14.0. The Morgan fingerprint density at radius 1 is 1.25 bits per heavy atom. The maximum absolute atomic E-state index is 14.2. The summed E-state index contributed by atoms with van der Waals surface area (Å²) in [5.74, 6) is 1.58. The highest BCUT2D eigenvalue weighted by Gasteiger charge is 2.26. The molecule has 1 fully saturated rings. The second-order valence-electron chi connectivity index (χ2n) is 5.72. The molecule has 2 aromatic rings. The van der Waals surface area contributed by atoms with Crippen LogP contribution < -0.4 is 15.5 Å². The minimum absolute atomic E-state index is 0.240. The van der Waals surface area contributed by atoms with Crippen LogP contribution in [0.25, 0.3) is 0 Å². The first-order chi connectivity index (χ1) is 11.7. The van der Waals surface area contributed by atoms with Crippen molar-refractivity contribution in [1.29, 1.82) is 0 Å². The van der Waals surface area contributed by atoms with E-state index in [1.165, 1.54) is 6.33 Å². The van der Waals surface area contributed by atoms with Gasteiger partial charge < -0.3 is 15.5 Å². The highest BCUT2D eigenvalue weighted by Crippen LogP contribution is 2.25. The summed E-state index contributed by atoms with van der Waals surface area (Å²) < 4.78 is 14.2. The number of nitrogens with one attached hydrogen (secondary N) is 2. The fourth-order valence-electron chi connectivity index (χ4n) is 2.98. The maximum Gasteiger partial charge on any atom is 0.186 e. The van der Waals surface area contributed by atoms with Gasteiger partial charge in [-0.05, 0) is 19.3 Å². The molecule has 1 aliphatic heterocycles. The van der Waals surface area contributed by atoms with Gasteiger partial charge >= 0.3 is 0 Å². The van der Waals surface area contributed by atoms with Crippen LogP contribution in [-0.4, -0.2) is 46.1 Å². The van der Waals surface area contributed by atoms with Gasteiger partial charge in [-0.25, -0.2) is 24.3 Å². The van der Waals surface area contributed by atoms with Crippen molar-refractivity contribution in [3.63, 3.8) is 0 Å². The fourth-order valence-corrected chi connectivity index (χ4v) is 2.98. The molecule has 0 bridgehead atoms. The van der Waals surface area contributed by atoms with E-state index in [9.17, 15) is 4.39 Å². The number of nitrogens with zero attached hydrogens (tertiary/aromatic N) is 5. The van der Waals surface area contributed by atoms with Crippen molar-refractivity contribution < 1.29 is 4.39 Å². The summed E-state index contributed by atoms with van der Waals surface area (Å²) in [5, 5.41) is 6.15. The van der Waals surface area contributed by atoms with E-state index in [-0.39, 0.29) is 17.7 Å². The first-order valence-corrected chi connectivity index (χ1v) is 8.22. The average Bonchev–Trinajstić information content (AvgIpc) is 3.09. The highest BCUT2D eigenvalue weighted by atomic mass is 19.1. The Morgan fingerprint density at radius 2 is 2.08 bits per heavy atom. The second kappa shape index (κ2) is 7.37. The lowest BCUT2D eigenvalue weighted by Gasteiger charge is -2.26. The summed E-state index contributed by atoms with van der Waals surface area (Å²) in [5.41, 5.74) is 0.435. The molecule has 1 unspecified atom stereocenters. The molecule has 3 rings (SSSR count). The Labute approximate surface area is 140 Å². The molecule has 0 radical (unpaired) electrons. The van der Waals surface area contributed by atoms with Crippen molar-refractivity contribution in [1.82, 2.24) is 19.9 Å². The Balaban J connectivity index is 1.70. The van der Waals surface area contributed by atoms with Crippen molar-refractivity contribution in [3.8, 4) is 0 Å². The van der Waals surface area contributed by atoms with Gasteiger partial charge in [0.1, 0.15) is 24.3 Å². The third-order valence-electron chi connectivity index (χ3n) is 4.28. The predicted molar refractivity (Wildman–Crippen MR) is 91.8 cm³/mol. The summed E-state index contributed by atoms with van der Waals surface area (Å²) in [6.45, 7) is 3.41. The number of hydrogen-bond acceptors (Lipinski definition) is 7. The van der Waals surface area contributed by atoms with Gasteiger partial charge in [0.2, 0.25) is 0 Å². The van der Waals surface area contributed by atoms with Crippen molar-refractivity contribution in [2.24, 2.45) is 0 Å². The van der Waals surface area contributed by atoms with Crippen LogP contribution in [0.1, 0.15) is 25.5 Å². The van der Waals surface area contributed by atoms with Gasteiger partial charge in [0.05, 0.1) is 5.69 Å². The van der Waals surface area contributed by atoms with Crippen molar-refractivity contribution in [2.75, 3.05) is 35.7 Å². The maximum atomic E-state index is 14.2. The summed E-state index contributed by atoms with van der Waals surface area (Å²) in [6.07, 6.45) is 5.62. The number of anilines is 3. The lowest BCUT2D eigenvalue weighted by Crippen LogP contribution is -2.35. The third kappa shape index (κ3) is 3.37. The quantitative estimate of drug-likeness (QED) is 0.839. The van der Waals surface area contributed by atoms with E-state index in [1.807, 2.05) is 20.0 Å². The van der Waals surface area contributed by atoms with Crippen LogP contribution in [0.5, 0.6) is 0 Å². The molecule has 0 spiro atoms. The molecule has 7 nitrogen and oxygen atoms in total. The van der Waals surface area contributed by atoms with E-state index in [0.717, 1.165) is 31.0 Å². The molecule has 24 heavy (non-hydrogen) atoms. The average molecular weight is 331 g/mol. The van der Waals surface area contributed by atoms with Crippen LogP contribution in [-0.2, 0) is 6.42 Å². The standard InChI is InChI=1S/C16H22FN7/c1-3-12-15(17)16(23-9-20-12)19-8-11-5-4-6-24(11)14-7-13(18-2)21-10-22-14/h7,9-11H,3-6,8H2,1-2H3,(H,18,21,22)(H,19,20,23). The van der Waals surface area contributed by atoms with Gasteiger partial charge in [-0.2, -0.15) is 0 Å². The molecule has 2 aromatic heterocycles. The van der Waals surface area contributed by atoms with Crippen molar-refractivity contribution in [2.45, 2.75) is 32.2 Å². The second-order valence-corrected chi connectivity index (χ2v) is 5.72. The van der Waals surface area contributed by atoms with Crippen LogP contribution in [0.3, 0.4) is 0 Å². The Bertz CT molecular complexity index is 694. The number of aryl methyl sites for hydroxylation is 1. The van der Waals surface area contributed by atoms with Crippen LogP contribution >= 0.6 is 0 Å². The monoisotopic (exact) mass is 331 g/mol. The molecule has 0 amide bonds. The van der Waals surface area contributed by atoms with E-state index >= 15 is 0 Å². The molecule has 0 saturated carbocycles. The van der Waals surface area contributed by atoms with Gasteiger partial charge in [0, 0.05) is 32.2 Å². The van der Waals surface area contributed by atoms with E-state index in [1.54, 1.807) is 6.33 Å². The molecule has 2 N–H and O–H groups in total. The zero-order valence-electron chi connectivity index (χ0n) is 14.0. The lowest BCUT2D eigenvalue weighted by molar-refractivity contribution is 0.593. The van der Waals surface area contributed by atoms with Crippen LogP contribution in [0.4, 0.5) is 21.8 Å². The molecule has 0 aliphatic carbocycles. The first-order valence-electron chi connectivity index (χ1n) is 8.22. The number of rotatable bonds is 6. The van der Waals surface area contributed by atoms with Gasteiger partial charge in [-0.3, -0.25) is 0 Å². The van der Waals surface area contributed by atoms with Crippen LogP contribution in [0, 0.1) is 5.82 Å². The SMILES string of the molecule is CCc1ncnc(NCC2CCCN2c2cc(NC)ncn2)c1F. The Morgan fingerprint density at radius 3 is 2.88 bits per heavy atom. The van der Waals surface area contributed by atoms with E-state index < -0.39 is 0 Å². The summed E-state index contributed by atoms with van der Waals surface area (Å²) in [6, 6.07) is 2.17. The van der Waals surface area contributed by atoms with Gasteiger partial charge in [0.25, 0.3) is 0 Å². The molecule has 1 saturated heterocycles. The lowest BCUT2D eigenvalue weighted by atomic mass is 10.2. The number of halogens is 1. The minimum Gasteiger partial charge on any atom is -0.373 e. The molecule has 0 aromatic carbocycles. The van der Waals surface area contributed by atoms with Crippen LogP contribution in [0.15, 0.2) is 18.7 Å². The number of aromatic nitrogens is 4. The molecule has 1 atom stereocenters. The largest absolute Gasteiger partial charge is 0.373 e. The third-order valence-corrected chi connectivity index (χ3v) is 4.28. The predicted octanol–water partition coefficient (Wildman–Crippen LogP) is 2.09. The molecule has 128 valence electrons. The zero-order chi connectivity index (χ0) is 16.9. The molecular weight excluding hydrogens is 309 g/mol. The van der Waals surface area contributed by atoms with E-state index in [4.69, 9.17) is 0 Å². The van der Waals surface area contributed by atoms with Gasteiger partial charge in [-0.15, -0.1) is 0 Å². The van der Waals surface area contributed by atoms with Crippen molar-refractivity contribution >= 4 is 17.5 Å².